The molecule has 1 aromatic rings. The highest BCUT2D eigenvalue weighted by Crippen LogP contribution is 2.43. The molecule has 1 N–H and O–H groups in total. The van der Waals surface area contributed by atoms with Gasteiger partial charge in [0.05, 0.1) is 11.1 Å². The molecule has 3 nitrogen and oxygen atoms in total. The highest BCUT2D eigenvalue weighted by Gasteiger charge is 2.48. The highest BCUT2D eigenvalue weighted by molar-refractivity contribution is 6.17. The number of rotatable bonds is 3. The summed E-state index contributed by atoms with van der Waals surface area (Å²) in [5.74, 6) is -1.91. The number of halogens is 5. The van der Waals surface area contributed by atoms with E-state index in [1.807, 2.05) is 0 Å². The lowest BCUT2D eigenvalue weighted by Crippen LogP contribution is -2.51. The lowest BCUT2D eigenvalue weighted by Gasteiger charge is -2.38. The average Bonchev–Trinajstić information content (AvgIpc) is 2.43. The van der Waals surface area contributed by atoms with Crippen molar-refractivity contribution in [1.29, 1.82) is 0 Å². The van der Waals surface area contributed by atoms with Crippen LogP contribution in [0.4, 0.5) is 22.0 Å². The van der Waals surface area contributed by atoms with Crippen LogP contribution < -0.4 is 4.74 Å². The van der Waals surface area contributed by atoms with E-state index in [1.165, 1.54) is 0 Å². The molecule has 2 atom stereocenters. The zero-order valence-corrected chi connectivity index (χ0v) is 12.1. The fraction of sp³-hybridized carbons (Fsp3) is 0.400. The van der Waals surface area contributed by atoms with Gasteiger partial charge in [0, 0.05) is 5.56 Å². The van der Waals surface area contributed by atoms with Crippen molar-refractivity contribution in [1.82, 2.24) is 0 Å². The maximum Gasteiger partial charge on any atom is 0.416 e. The smallest absolute Gasteiger partial charge is 0.416 e. The first-order valence-corrected chi connectivity index (χ1v) is 6.64. The van der Waals surface area contributed by atoms with Crippen LogP contribution in [-0.4, -0.2) is 29.0 Å². The van der Waals surface area contributed by atoms with Crippen LogP contribution >= 0.6 is 0 Å². The Morgan fingerprint density at radius 2 is 1.78 bits per heavy atom. The van der Waals surface area contributed by atoms with Crippen molar-refractivity contribution in [3.63, 3.8) is 0 Å². The van der Waals surface area contributed by atoms with E-state index in [-0.39, 0.29) is 11.3 Å². The molecule has 1 aliphatic heterocycles. The molecule has 23 heavy (non-hydrogen) atoms. The van der Waals surface area contributed by atoms with Gasteiger partial charge in [-0.3, -0.25) is 0 Å². The summed E-state index contributed by atoms with van der Waals surface area (Å²) in [5.41, 5.74) is -4.29. The van der Waals surface area contributed by atoms with Gasteiger partial charge in [0.1, 0.15) is 18.1 Å². The number of ether oxygens (including phenoxy) is 1. The second kappa shape index (κ2) is 5.50. The predicted octanol–water partition coefficient (Wildman–Crippen LogP) is 4.02. The van der Waals surface area contributed by atoms with Gasteiger partial charge in [0.2, 0.25) is 0 Å². The lowest BCUT2D eigenvalue weighted by molar-refractivity contribution is -0.138. The number of aliphatic carboxylic acids is 1. The van der Waals surface area contributed by atoms with Crippen molar-refractivity contribution < 1.29 is 36.6 Å². The summed E-state index contributed by atoms with van der Waals surface area (Å²) in [6.45, 7) is 1.97. The molecule has 0 aromatic heterocycles. The Morgan fingerprint density at radius 3 is 2.22 bits per heavy atom. The summed E-state index contributed by atoms with van der Waals surface area (Å²) in [6, 6.07) is 2.12. The van der Waals surface area contributed by atoms with Gasteiger partial charge in [-0.2, -0.15) is 13.2 Å². The molecular weight excluding hydrogens is 323 g/mol. The third kappa shape index (κ3) is 2.89. The fourth-order valence-electron chi connectivity index (χ4n) is 2.41. The topological polar surface area (TPSA) is 46.5 Å². The summed E-state index contributed by atoms with van der Waals surface area (Å²) in [4.78, 5) is 11.4. The Balaban J connectivity index is 2.68. The molecule has 0 saturated carbocycles. The van der Waals surface area contributed by atoms with Gasteiger partial charge in [-0.25, -0.2) is 13.6 Å². The number of fused-ring (bicyclic) bond motifs is 1. The Morgan fingerprint density at radius 1 is 1.22 bits per heavy atom. The third-order valence-corrected chi connectivity index (χ3v) is 3.73. The molecule has 1 aromatic carbocycles. The van der Waals surface area contributed by atoms with Gasteiger partial charge in [-0.15, -0.1) is 0 Å². The largest absolute Gasteiger partial charge is 0.478 e. The van der Waals surface area contributed by atoms with Crippen molar-refractivity contribution in [2.45, 2.75) is 38.0 Å². The van der Waals surface area contributed by atoms with E-state index < -0.39 is 41.2 Å². The van der Waals surface area contributed by atoms with Crippen molar-refractivity contribution >= 4 is 11.5 Å². The molecule has 0 fully saturated rings. The van der Waals surface area contributed by atoms with Gasteiger partial charge in [0.15, 0.2) is 5.60 Å². The molecule has 2 rings (SSSR count). The van der Waals surface area contributed by atoms with Crippen molar-refractivity contribution in [3.8, 4) is 5.75 Å². The van der Waals surface area contributed by atoms with Gasteiger partial charge < -0.3 is 9.84 Å². The number of benzene rings is 1. The van der Waals surface area contributed by atoms with Crippen molar-refractivity contribution in [2.75, 3.05) is 0 Å². The zero-order chi connectivity index (χ0) is 17.6. The molecule has 0 radical (unpaired) electrons. The highest BCUT2D eigenvalue weighted by atomic mass is 19.4. The van der Waals surface area contributed by atoms with Crippen molar-refractivity contribution in [2.24, 2.45) is 0 Å². The minimum absolute atomic E-state index is 0.313. The monoisotopic (exact) mass is 336 g/mol. The van der Waals surface area contributed by atoms with Crippen LogP contribution in [0.15, 0.2) is 24.3 Å². The Bertz CT molecular complexity index is 654. The minimum atomic E-state index is -4.69. The van der Waals surface area contributed by atoms with Crippen LogP contribution in [-0.2, 0) is 11.0 Å². The van der Waals surface area contributed by atoms with Crippen LogP contribution in [0.5, 0.6) is 5.75 Å². The van der Waals surface area contributed by atoms with Gasteiger partial charge >= 0.3 is 12.1 Å². The standard InChI is InChI=1S/C15H13F5O3/c1-7(16)14(8(2)17)6-11(13(21)22)10-5-9(15(18,19)20)3-4-12(10)23-14/h3-8H,1-2H3,(H,21,22). The van der Waals surface area contributed by atoms with E-state index in [0.29, 0.717) is 18.2 Å². The zero-order valence-electron chi connectivity index (χ0n) is 12.1. The molecule has 2 unspecified atom stereocenters. The fourth-order valence-corrected chi connectivity index (χ4v) is 2.41. The van der Waals surface area contributed by atoms with Crippen LogP contribution in [0.2, 0.25) is 0 Å². The minimum Gasteiger partial charge on any atom is -0.478 e. The average molecular weight is 336 g/mol. The summed E-state index contributed by atoms with van der Waals surface area (Å²) in [6.07, 6.45) is -7.83. The van der Waals surface area contributed by atoms with Gasteiger partial charge in [0.25, 0.3) is 0 Å². The first-order chi connectivity index (χ1) is 10.5. The van der Waals surface area contributed by atoms with Crippen LogP contribution in [0.1, 0.15) is 25.0 Å². The molecule has 1 aliphatic rings. The lowest BCUT2D eigenvalue weighted by atomic mass is 9.85. The molecule has 0 spiro atoms. The molecule has 0 aliphatic carbocycles. The Labute approximate surface area is 128 Å². The molecule has 8 heteroatoms. The van der Waals surface area contributed by atoms with Crippen LogP contribution in [0.3, 0.4) is 0 Å². The summed E-state index contributed by atoms with van der Waals surface area (Å²) in [5, 5.41) is 9.22. The number of carboxylic acids is 1. The van der Waals surface area contributed by atoms with E-state index in [2.05, 4.69) is 0 Å². The van der Waals surface area contributed by atoms with E-state index in [0.717, 1.165) is 19.9 Å². The molecule has 0 saturated heterocycles. The maximum atomic E-state index is 13.9. The number of carbonyl (C=O) groups is 1. The number of hydrogen-bond acceptors (Lipinski definition) is 2. The van der Waals surface area contributed by atoms with Gasteiger partial charge in [-0.1, -0.05) is 0 Å². The molecular formula is C15H13F5O3. The summed E-state index contributed by atoms with van der Waals surface area (Å²) in [7, 11) is 0. The molecule has 126 valence electrons. The maximum absolute atomic E-state index is 13.9. The predicted molar refractivity (Wildman–Crippen MR) is 71.6 cm³/mol. The van der Waals surface area contributed by atoms with Crippen LogP contribution in [0, 0.1) is 0 Å². The van der Waals surface area contributed by atoms with E-state index in [9.17, 15) is 31.9 Å². The molecule has 1 heterocycles. The van der Waals surface area contributed by atoms with E-state index >= 15 is 0 Å². The summed E-state index contributed by atoms with van der Waals surface area (Å²) < 4.78 is 71.4. The van der Waals surface area contributed by atoms with Crippen LogP contribution in [0.25, 0.3) is 5.57 Å². The summed E-state index contributed by atoms with van der Waals surface area (Å²) >= 11 is 0. The quantitative estimate of drug-likeness (QED) is 0.848. The van der Waals surface area contributed by atoms with Crippen molar-refractivity contribution in [3.05, 3.63) is 35.4 Å². The number of alkyl halides is 5. The number of carboxylic acid groups (broad SMARTS) is 1. The normalized spacial score (nSPS) is 23.3. The first kappa shape index (κ1) is 17.2. The second-order valence-electron chi connectivity index (χ2n) is 5.26. The number of hydrogen-bond donors (Lipinski definition) is 1. The van der Waals surface area contributed by atoms with Gasteiger partial charge in [-0.05, 0) is 38.1 Å². The first-order valence-electron chi connectivity index (χ1n) is 6.64. The Hall–Kier alpha value is -2.12. The third-order valence-electron chi connectivity index (χ3n) is 3.73. The Kier molecular flexibility index (Phi) is 4.13. The SMILES string of the molecule is CC(F)C1(C(C)F)C=C(C(=O)O)c2cc(C(F)(F)F)ccc2O1. The van der Waals surface area contributed by atoms with E-state index in [1.54, 1.807) is 0 Å². The molecule has 0 amide bonds. The molecule has 0 bridgehead atoms. The second-order valence-corrected chi connectivity index (χ2v) is 5.26. The van der Waals surface area contributed by atoms with E-state index in [4.69, 9.17) is 4.74 Å².